The molecule has 1 unspecified atom stereocenters. The third-order valence-electron chi connectivity index (χ3n) is 6.50. The van der Waals surface area contributed by atoms with E-state index in [1.807, 2.05) is 13.8 Å². The van der Waals surface area contributed by atoms with E-state index in [9.17, 15) is 18.0 Å². The van der Waals surface area contributed by atoms with Gasteiger partial charge in [0.15, 0.2) is 0 Å². The van der Waals surface area contributed by atoms with Crippen molar-refractivity contribution in [1.82, 2.24) is 10.2 Å². The van der Waals surface area contributed by atoms with E-state index in [0.717, 1.165) is 22.7 Å². The molecule has 41 heavy (non-hydrogen) atoms. The molecule has 220 valence electrons. The fourth-order valence-corrected chi connectivity index (χ4v) is 6.03. The zero-order chi connectivity index (χ0) is 30.0. The quantitative estimate of drug-likeness (QED) is 0.226. The number of halogens is 2. The normalized spacial score (nSPS) is 11.9. The van der Waals surface area contributed by atoms with Crippen LogP contribution in [0.25, 0.3) is 0 Å². The SMILES string of the molecule is CCCCNC(=O)C(CC)N(Cc1ccc(Cl)cc1)C(=O)CN(c1cc(Cl)ccc1OC)S(=O)(=O)c1ccccc1. The summed E-state index contributed by atoms with van der Waals surface area (Å²) < 4.78 is 34.4. The number of methoxy groups -OCH3 is 1. The van der Waals surface area contributed by atoms with Gasteiger partial charge in [-0.25, -0.2) is 8.42 Å². The Morgan fingerprint density at radius 2 is 1.61 bits per heavy atom. The Morgan fingerprint density at radius 1 is 0.951 bits per heavy atom. The summed E-state index contributed by atoms with van der Waals surface area (Å²) in [5.74, 6) is -0.657. The monoisotopic (exact) mass is 619 g/mol. The molecule has 0 bridgehead atoms. The Morgan fingerprint density at radius 3 is 2.22 bits per heavy atom. The Hall–Kier alpha value is -3.27. The summed E-state index contributed by atoms with van der Waals surface area (Å²) in [5.41, 5.74) is 0.837. The Balaban J connectivity index is 2.08. The number of carbonyl (C=O) groups is 2. The minimum atomic E-state index is -4.25. The van der Waals surface area contributed by atoms with Gasteiger partial charge in [-0.3, -0.25) is 13.9 Å². The molecule has 0 saturated heterocycles. The van der Waals surface area contributed by atoms with Crippen molar-refractivity contribution in [3.63, 3.8) is 0 Å². The topological polar surface area (TPSA) is 96.0 Å². The number of hydrogen-bond acceptors (Lipinski definition) is 5. The van der Waals surface area contributed by atoms with Gasteiger partial charge in [0.25, 0.3) is 10.0 Å². The van der Waals surface area contributed by atoms with Crippen LogP contribution in [0.5, 0.6) is 5.75 Å². The first kappa shape index (κ1) is 32.2. The number of carbonyl (C=O) groups excluding carboxylic acids is 2. The molecule has 0 fully saturated rings. The maximum absolute atomic E-state index is 14.1. The maximum atomic E-state index is 14.1. The number of nitrogens with one attached hydrogen (secondary N) is 1. The van der Waals surface area contributed by atoms with Crippen LogP contribution in [0, 0.1) is 0 Å². The molecular formula is C30H35Cl2N3O5S. The fraction of sp³-hybridized carbons (Fsp3) is 0.333. The molecule has 1 atom stereocenters. The largest absolute Gasteiger partial charge is 0.495 e. The van der Waals surface area contributed by atoms with E-state index < -0.39 is 28.5 Å². The van der Waals surface area contributed by atoms with Gasteiger partial charge in [-0.05, 0) is 60.9 Å². The highest BCUT2D eigenvalue weighted by Crippen LogP contribution is 2.35. The average molecular weight is 621 g/mol. The van der Waals surface area contributed by atoms with Crippen molar-refractivity contribution in [3.8, 4) is 5.75 Å². The Labute approximate surface area is 252 Å². The van der Waals surface area contributed by atoms with Crippen molar-refractivity contribution in [1.29, 1.82) is 0 Å². The summed E-state index contributed by atoms with van der Waals surface area (Å²) in [5, 5.41) is 3.71. The minimum absolute atomic E-state index is 0.0107. The van der Waals surface area contributed by atoms with Crippen molar-refractivity contribution >= 4 is 50.7 Å². The third-order valence-corrected chi connectivity index (χ3v) is 8.76. The lowest BCUT2D eigenvalue weighted by Crippen LogP contribution is -2.52. The van der Waals surface area contributed by atoms with E-state index in [1.165, 1.54) is 36.3 Å². The molecule has 0 aliphatic rings. The predicted octanol–water partition coefficient (Wildman–Crippen LogP) is 5.92. The molecule has 0 aliphatic carbocycles. The zero-order valence-electron chi connectivity index (χ0n) is 23.3. The summed E-state index contributed by atoms with van der Waals surface area (Å²) in [6.45, 7) is 3.78. The van der Waals surface area contributed by atoms with E-state index in [4.69, 9.17) is 27.9 Å². The third kappa shape index (κ3) is 8.38. The van der Waals surface area contributed by atoms with Crippen LogP contribution < -0.4 is 14.4 Å². The van der Waals surface area contributed by atoms with E-state index in [2.05, 4.69) is 5.32 Å². The maximum Gasteiger partial charge on any atom is 0.264 e. The van der Waals surface area contributed by atoms with Crippen LogP contribution in [0.3, 0.4) is 0 Å². The summed E-state index contributed by atoms with van der Waals surface area (Å²) >= 11 is 12.3. The van der Waals surface area contributed by atoms with Gasteiger partial charge in [-0.15, -0.1) is 0 Å². The van der Waals surface area contributed by atoms with Crippen LogP contribution in [0.1, 0.15) is 38.7 Å². The smallest absolute Gasteiger partial charge is 0.264 e. The van der Waals surface area contributed by atoms with E-state index in [0.29, 0.717) is 18.0 Å². The first-order valence-electron chi connectivity index (χ1n) is 13.3. The molecule has 0 heterocycles. The highest BCUT2D eigenvalue weighted by atomic mass is 35.5. The number of hydrogen-bond donors (Lipinski definition) is 1. The van der Waals surface area contributed by atoms with Crippen LogP contribution in [-0.2, 0) is 26.2 Å². The van der Waals surface area contributed by atoms with Gasteiger partial charge in [0, 0.05) is 23.1 Å². The average Bonchev–Trinajstić information content (AvgIpc) is 2.97. The van der Waals surface area contributed by atoms with Gasteiger partial charge in [0.1, 0.15) is 18.3 Å². The second-order valence-electron chi connectivity index (χ2n) is 9.36. The summed E-state index contributed by atoms with van der Waals surface area (Å²) in [6.07, 6.45) is 2.02. The van der Waals surface area contributed by atoms with Crippen molar-refractivity contribution in [2.24, 2.45) is 0 Å². The number of rotatable bonds is 14. The second-order valence-corrected chi connectivity index (χ2v) is 12.1. The molecule has 3 rings (SSSR count). The molecular weight excluding hydrogens is 585 g/mol. The number of anilines is 1. The van der Waals surface area contributed by atoms with E-state index in [-0.39, 0.29) is 33.8 Å². The first-order valence-corrected chi connectivity index (χ1v) is 15.5. The van der Waals surface area contributed by atoms with Crippen LogP contribution in [-0.4, -0.2) is 51.4 Å². The van der Waals surface area contributed by atoms with Crippen molar-refractivity contribution < 1.29 is 22.7 Å². The highest BCUT2D eigenvalue weighted by Gasteiger charge is 2.34. The molecule has 0 saturated carbocycles. The van der Waals surface area contributed by atoms with Gasteiger partial charge in [-0.1, -0.05) is 73.8 Å². The lowest BCUT2D eigenvalue weighted by Gasteiger charge is -2.33. The van der Waals surface area contributed by atoms with Crippen molar-refractivity contribution in [2.75, 3.05) is 24.5 Å². The summed E-state index contributed by atoms with van der Waals surface area (Å²) in [6, 6.07) is 18.4. The molecule has 11 heteroatoms. The lowest BCUT2D eigenvalue weighted by atomic mass is 10.1. The number of amides is 2. The molecule has 0 radical (unpaired) electrons. The summed E-state index contributed by atoms with van der Waals surface area (Å²) in [7, 11) is -2.85. The minimum Gasteiger partial charge on any atom is -0.495 e. The van der Waals surface area contributed by atoms with Crippen LogP contribution in [0.4, 0.5) is 5.69 Å². The van der Waals surface area contributed by atoms with Crippen molar-refractivity contribution in [2.45, 2.75) is 50.6 Å². The molecule has 2 amide bonds. The van der Waals surface area contributed by atoms with Gasteiger partial charge < -0.3 is 15.0 Å². The number of nitrogens with zero attached hydrogens (tertiary/aromatic N) is 2. The van der Waals surface area contributed by atoms with Crippen LogP contribution >= 0.6 is 23.2 Å². The number of ether oxygens (including phenoxy) is 1. The van der Waals surface area contributed by atoms with Gasteiger partial charge in [-0.2, -0.15) is 0 Å². The molecule has 0 spiro atoms. The zero-order valence-corrected chi connectivity index (χ0v) is 25.7. The van der Waals surface area contributed by atoms with Gasteiger partial charge in [0.2, 0.25) is 11.8 Å². The molecule has 0 aliphatic heterocycles. The summed E-state index contributed by atoms with van der Waals surface area (Å²) in [4.78, 5) is 28.8. The van der Waals surface area contributed by atoms with Gasteiger partial charge in [0.05, 0.1) is 17.7 Å². The van der Waals surface area contributed by atoms with Crippen LogP contribution in [0.2, 0.25) is 10.0 Å². The van der Waals surface area contributed by atoms with Gasteiger partial charge >= 0.3 is 0 Å². The highest BCUT2D eigenvalue weighted by molar-refractivity contribution is 7.92. The standard InChI is InChI=1S/C30H35Cl2N3O5S/c1-4-6-18-33-30(37)26(5-2)34(20-22-12-14-23(31)15-13-22)29(36)21-35(27-19-24(32)16-17-28(27)40-3)41(38,39)25-10-8-7-9-11-25/h7-17,19,26H,4-6,18,20-21H2,1-3H3,(H,33,37). The fourth-order valence-electron chi connectivity index (χ4n) is 4.30. The lowest BCUT2D eigenvalue weighted by molar-refractivity contribution is -0.140. The predicted molar refractivity (Wildman–Crippen MR) is 163 cm³/mol. The number of unbranched alkanes of at least 4 members (excludes halogenated alkanes) is 1. The first-order chi connectivity index (χ1) is 19.6. The number of sulfonamides is 1. The second kappa shape index (κ2) is 15.1. The van der Waals surface area contributed by atoms with Crippen LogP contribution in [0.15, 0.2) is 77.7 Å². The number of benzene rings is 3. The molecule has 0 aromatic heterocycles. The molecule has 8 nitrogen and oxygen atoms in total. The van der Waals surface area contributed by atoms with E-state index in [1.54, 1.807) is 48.5 Å². The molecule has 1 N–H and O–H groups in total. The Bertz CT molecular complexity index is 1420. The van der Waals surface area contributed by atoms with E-state index >= 15 is 0 Å². The molecule has 3 aromatic rings. The molecule has 3 aromatic carbocycles. The van der Waals surface area contributed by atoms with Crippen molar-refractivity contribution in [3.05, 3.63) is 88.4 Å². The Kier molecular flexibility index (Phi) is 11.9.